The SMILES string of the molecule is Cc1noc(C)c1CSc1ccccc1C(=O)Nc1ccc(C(=O)N2CCCC2)cc1. The first kappa shape index (κ1) is 21.2. The minimum absolute atomic E-state index is 0.0523. The molecular weight excluding hydrogens is 410 g/mol. The fourth-order valence-corrected chi connectivity index (χ4v) is 4.84. The molecule has 0 radical (unpaired) electrons. The third kappa shape index (κ3) is 4.82. The highest BCUT2D eigenvalue weighted by Crippen LogP contribution is 2.29. The molecule has 2 amide bonds. The van der Waals surface area contributed by atoms with Gasteiger partial charge in [0.25, 0.3) is 11.8 Å². The van der Waals surface area contributed by atoms with Gasteiger partial charge < -0.3 is 14.7 Å². The van der Waals surface area contributed by atoms with Crippen LogP contribution in [-0.2, 0) is 5.75 Å². The smallest absolute Gasteiger partial charge is 0.256 e. The number of hydrogen-bond acceptors (Lipinski definition) is 5. The molecule has 7 heteroatoms. The molecule has 1 N–H and O–H groups in total. The summed E-state index contributed by atoms with van der Waals surface area (Å²) in [6, 6.07) is 14.6. The van der Waals surface area contributed by atoms with Crippen LogP contribution in [-0.4, -0.2) is 35.0 Å². The van der Waals surface area contributed by atoms with Crippen LogP contribution in [0.1, 0.15) is 50.6 Å². The summed E-state index contributed by atoms with van der Waals surface area (Å²) < 4.78 is 5.23. The third-order valence-electron chi connectivity index (χ3n) is 5.47. The van der Waals surface area contributed by atoms with E-state index in [2.05, 4.69) is 10.5 Å². The number of aromatic nitrogens is 1. The van der Waals surface area contributed by atoms with Gasteiger partial charge in [-0.25, -0.2) is 0 Å². The lowest BCUT2D eigenvalue weighted by Crippen LogP contribution is -2.27. The highest BCUT2D eigenvalue weighted by molar-refractivity contribution is 7.98. The number of benzene rings is 2. The third-order valence-corrected chi connectivity index (χ3v) is 6.57. The maximum absolute atomic E-state index is 12.9. The first-order valence-corrected chi connectivity index (χ1v) is 11.4. The van der Waals surface area contributed by atoms with Crippen LogP contribution in [0.2, 0.25) is 0 Å². The van der Waals surface area contributed by atoms with E-state index in [1.165, 1.54) is 0 Å². The largest absolute Gasteiger partial charge is 0.361 e. The first-order valence-electron chi connectivity index (χ1n) is 10.4. The first-order chi connectivity index (χ1) is 15.0. The van der Waals surface area contributed by atoms with Gasteiger partial charge in [0.15, 0.2) is 0 Å². The summed E-state index contributed by atoms with van der Waals surface area (Å²) in [7, 11) is 0. The molecule has 1 aromatic heterocycles. The number of hydrogen-bond donors (Lipinski definition) is 1. The number of carbonyl (C=O) groups is 2. The van der Waals surface area contributed by atoms with E-state index in [4.69, 9.17) is 4.52 Å². The fraction of sp³-hybridized carbons (Fsp3) is 0.292. The Labute approximate surface area is 186 Å². The standard InChI is InChI=1S/C24H25N3O3S/c1-16-21(17(2)30-26-16)15-31-22-8-4-3-7-20(22)23(28)25-19-11-9-18(10-12-19)24(29)27-13-5-6-14-27/h3-4,7-12H,5-6,13-15H2,1-2H3,(H,25,28). The van der Waals surface area contributed by atoms with Crippen molar-refractivity contribution in [2.45, 2.75) is 37.3 Å². The van der Waals surface area contributed by atoms with Crippen LogP contribution in [0.4, 0.5) is 5.69 Å². The molecule has 2 heterocycles. The van der Waals surface area contributed by atoms with Gasteiger partial charge in [0, 0.05) is 40.6 Å². The number of rotatable bonds is 6. The molecule has 4 rings (SSSR count). The van der Waals surface area contributed by atoms with Crippen LogP contribution in [0, 0.1) is 13.8 Å². The fourth-order valence-electron chi connectivity index (χ4n) is 3.64. The van der Waals surface area contributed by atoms with Gasteiger partial charge in [0.2, 0.25) is 0 Å². The van der Waals surface area contributed by atoms with Crippen LogP contribution in [0.5, 0.6) is 0 Å². The molecule has 0 aliphatic carbocycles. The van der Waals surface area contributed by atoms with Crippen molar-refractivity contribution in [2.75, 3.05) is 18.4 Å². The number of amides is 2. The predicted molar refractivity (Wildman–Crippen MR) is 122 cm³/mol. The number of aryl methyl sites for hydroxylation is 2. The van der Waals surface area contributed by atoms with E-state index >= 15 is 0 Å². The molecule has 0 saturated carbocycles. The Hall–Kier alpha value is -3.06. The summed E-state index contributed by atoms with van der Waals surface area (Å²) in [5.41, 5.74) is 3.84. The molecule has 1 fully saturated rings. The molecule has 6 nitrogen and oxygen atoms in total. The lowest BCUT2D eigenvalue weighted by molar-refractivity contribution is 0.0792. The quantitative estimate of drug-likeness (QED) is 0.547. The molecule has 3 aromatic rings. The zero-order chi connectivity index (χ0) is 21.8. The van der Waals surface area contributed by atoms with Gasteiger partial charge in [-0.15, -0.1) is 11.8 Å². The summed E-state index contributed by atoms with van der Waals surface area (Å²) in [6.45, 7) is 5.45. The highest BCUT2D eigenvalue weighted by atomic mass is 32.2. The van der Waals surface area contributed by atoms with E-state index in [1.54, 1.807) is 36.0 Å². The second-order valence-corrected chi connectivity index (χ2v) is 8.64. The zero-order valence-electron chi connectivity index (χ0n) is 17.7. The number of anilines is 1. The molecule has 1 aliphatic heterocycles. The van der Waals surface area contributed by atoms with Crippen LogP contribution >= 0.6 is 11.8 Å². The average Bonchev–Trinajstić information content (AvgIpc) is 3.43. The minimum Gasteiger partial charge on any atom is -0.361 e. The second-order valence-electron chi connectivity index (χ2n) is 7.62. The van der Waals surface area contributed by atoms with Crippen molar-refractivity contribution < 1.29 is 14.1 Å². The number of nitrogens with zero attached hydrogens (tertiary/aromatic N) is 2. The molecule has 0 bridgehead atoms. The summed E-state index contributed by atoms with van der Waals surface area (Å²) in [5, 5.41) is 6.93. The van der Waals surface area contributed by atoms with Gasteiger partial charge >= 0.3 is 0 Å². The van der Waals surface area contributed by atoms with E-state index in [0.717, 1.165) is 47.8 Å². The van der Waals surface area contributed by atoms with Crippen molar-refractivity contribution >= 4 is 29.3 Å². The molecule has 0 unspecified atom stereocenters. The number of carbonyl (C=O) groups excluding carboxylic acids is 2. The number of thioether (sulfide) groups is 1. The van der Waals surface area contributed by atoms with Gasteiger partial charge in [-0.3, -0.25) is 9.59 Å². The van der Waals surface area contributed by atoms with Crippen molar-refractivity contribution in [3.8, 4) is 0 Å². The van der Waals surface area contributed by atoms with E-state index in [-0.39, 0.29) is 11.8 Å². The maximum Gasteiger partial charge on any atom is 0.256 e. The normalized spacial score (nSPS) is 13.4. The van der Waals surface area contributed by atoms with E-state index in [0.29, 0.717) is 22.6 Å². The summed E-state index contributed by atoms with van der Waals surface area (Å²) >= 11 is 1.58. The zero-order valence-corrected chi connectivity index (χ0v) is 18.5. The van der Waals surface area contributed by atoms with Gasteiger partial charge in [-0.2, -0.15) is 0 Å². The Bertz CT molecular complexity index is 1070. The van der Waals surface area contributed by atoms with Crippen molar-refractivity contribution in [1.82, 2.24) is 10.1 Å². The molecule has 1 aliphatic rings. The summed E-state index contributed by atoms with van der Waals surface area (Å²) in [4.78, 5) is 28.2. The monoisotopic (exact) mass is 435 g/mol. The molecule has 160 valence electrons. The number of likely N-dealkylation sites (tertiary alicyclic amines) is 1. The average molecular weight is 436 g/mol. The topological polar surface area (TPSA) is 75.4 Å². The van der Waals surface area contributed by atoms with E-state index < -0.39 is 0 Å². The van der Waals surface area contributed by atoms with Crippen molar-refractivity contribution in [3.05, 3.63) is 76.7 Å². The van der Waals surface area contributed by atoms with Gasteiger partial charge in [0.05, 0.1) is 11.3 Å². The van der Waals surface area contributed by atoms with Gasteiger partial charge in [0.1, 0.15) is 5.76 Å². The highest BCUT2D eigenvalue weighted by Gasteiger charge is 2.19. The summed E-state index contributed by atoms with van der Waals surface area (Å²) in [6.07, 6.45) is 2.13. The van der Waals surface area contributed by atoms with E-state index in [9.17, 15) is 9.59 Å². The molecule has 1 saturated heterocycles. The van der Waals surface area contributed by atoms with Crippen molar-refractivity contribution in [1.29, 1.82) is 0 Å². The molecule has 2 aromatic carbocycles. The minimum atomic E-state index is -0.180. The van der Waals surface area contributed by atoms with Gasteiger partial charge in [-0.05, 0) is 63.1 Å². The Balaban J connectivity index is 1.43. The molecular formula is C24H25N3O3S. The molecule has 0 spiro atoms. The van der Waals surface area contributed by atoms with Crippen LogP contribution in [0.3, 0.4) is 0 Å². The molecule has 0 atom stereocenters. The Morgan fingerprint density at radius 2 is 1.77 bits per heavy atom. The van der Waals surface area contributed by atoms with Gasteiger partial charge in [-0.1, -0.05) is 17.3 Å². The molecule has 31 heavy (non-hydrogen) atoms. The maximum atomic E-state index is 12.9. The van der Waals surface area contributed by atoms with Crippen molar-refractivity contribution in [2.24, 2.45) is 0 Å². The lowest BCUT2D eigenvalue weighted by atomic mass is 10.1. The van der Waals surface area contributed by atoms with Crippen molar-refractivity contribution in [3.63, 3.8) is 0 Å². The predicted octanol–water partition coefficient (Wildman–Crippen LogP) is 5.07. The number of nitrogens with one attached hydrogen (secondary N) is 1. The summed E-state index contributed by atoms with van der Waals surface area (Å²) in [5.74, 6) is 1.35. The van der Waals surface area contributed by atoms with Crippen LogP contribution in [0.25, 0.3) is 0 Å². The van der Waals surface area contributed by atoms with Crippen LogP contribution in [0.15, 0.2) is 57.9 Å². The second kappa shape index (κ2) is 9.39. The lowest BCUT2D eigenvalue weighted by Gasteiger charge is -2.15. The Kier molecular flexibility index (Phi) is 6.42. The Morgan fingerprint density at radius 1 is 1.06 bits per heavy atom. The Morgan fingerprint density at radius 3 is 2.45 bits per heavy atom. The van der Waals surface area contributed by atoms with Crippen LogP contribution < -0.4 is 5.32 Å². The van der Waals surface area contributed by atoms with E-state index in [1.807, 2.05) is 43.0 Å².